The van der Waals surface area contributed by atoms with Crippen LogP contribution in [-0.4, -0.2) is 48.0 Å². The maximum absolute atomic E-state index is 12.6. The number of piperazine rings is 1. The third kappa shape index (κ3) is 3.52. The quantitative estimate of drug-likeness (QED) is 0.903. The standard InChI is InChI=1S/C16H23ClN4O/c17-13-4-5-15(19-11-13)20-6-8-21(9-7-20)16(22)12-2-1-3-14(18)10-12/h4-5,11-12,14H,1-3,6-10,18H2. The van der Waals surface area contributed by atoms with Gasteiger partial charge < -0.3 is 15.5 Å². The molecule has 3 rings (SSSR count). The number of halogens is 1. The molecule has 1 aliphatic carbocycles. The summed E-state index contributed by atoms with van der Waals surface area (Å²) < 4.78 is 0. The molecule has 0 spiro atoms. The minimum Gasteiger partial charge on any atom is -0.353 e. The number of nitrogens with zero attached hydrogens (tertiary/aromatic N) is 3. The Labute approximate surface area is 136 Å². The van der Waals surface area contributed by atoms with E-state index in [0.29, 0.717) is 10.9 Å². The van der Waals surface area contributed by atoms with Crippen molar-refractivity contribution in [1.82, 2.24) is 9.88 Å². The van der Waals surface area contributed by atoms with Crippen LogP contribution in [0.2, 0.25) is 5.02 Å². The number of rotatable bonds is 2. The zero-order chi connectivity index (χ0) is 15.5. The summed E-state index contributed by atoms with van der Waals surface area (Å²) in [6.45, 7) is 3.15. The number of hydrogen-bond donors (Lipinski definition) is 1. The Morgan fingerprint density at radius 3 is 2.64 bits per heavy atom. The number of aromatic nitrogens is 1. The third-order valence-corrected chi connectivity index (χ3v) is 4.91. The highest BCUT2D eigenvalue weighted by molar-refractivity contribution is 6.30. The summed E-state index contributed by atoms with van der Waals surface area (Å²) >= 11 is 5.87. The Balaban J connectivity index is 1.55. The monoisotopic (exact) mass is 322 g/mol. The van der Waals surface area contributed by atoms with Crippen LogP contribution >= 0.6 is 11.6 Å². The molecule has 2 heterocycles. The van der Waals surface area contributed by atoms with Crippen molar-refractivity contribution in [1.29, 1.82) is 0 Å². The van der Waals surface area contributed by atoms with Crippen molar-refractivity contribution >= 4 is 23.3 Å². The molecule has 1 aliphatic heterocycles. The molecule has 2 atom stereocenters. The second kappa shape index (κ2) is 6.84. The van der Waals surface area contributed by atoms with Crippen LogP contribution in [0.4, 0.5) is 5.82 Å². The largest absolute Gasteiger partial charge is 0.353 e. The first kappa shape index (κ1) is 15.6. The van der Waals surface area contributed by atoms with Crippen molar-refractivity contribution in [3.05, 3.63) is 23.4 Å². The Kier molecular flexibility index (Phi) is 4.84. The summed E-state index contributed by atoms with van der Waals surface area (Å²) in [5.41, 5.74) is 6.00. The summed E-state index contributed by atoms with van der Waals surface area (Å²) in [4.78, 5) is 21.1. The molecular formula is C16H23ClN4O. The molecule has 1 saturated carbocycles. The second-order valence-electron chi connectivity index (χ2n) is 6.27. The molecule has 2 N–H and O–H groups in total. The molecule has 2 aliphatic rings. The molecule has 0 bridgehead atoms. The maximum atomic E-state index is 12.6. The summed E-state index contributed by atoms with van der Waals surface area (Å²) in [6, 6.07) is 3.98. The van der Waals surface area contributed by atoms with Crippen molar-refractivity contribution in [3.8, 4) is 0 Å². The predicted octanol–water partition coefficient (Wildman–Crippen LogP) is 1.90. The first-order valence-corrected chi connectivity index (χ1v) is 8.42. The number of hydrogen-bond acceptors (Lipinski definition) is 4. The lowest BCUT2D eigenvalue weighted by Gasteiger charge is -2.38. The maximum Gasteiger partial charge on any atom is 0.225 e. The van der Waals surface area contributed by atoms with Gasteiger partial charge in [0.2, 0.25) is 5.91 Å². The van der Waals surface area contributed by atoms with Crippen molar-refractivity contribution in [2.24, 2.45) is 11.7 Å². The Morgan fingerprint density at radius 2 is 2.00 bits per heavy atom. The van der Waals surface area contributed by atoms with E-state index in [0.717, 1.165) is 57.7 Å². The van der Waals surface area contributed by atoms with Gasteiger partial charge in [-0.2, -0.15) is 0 Å². The number of pyridine rings is 1. The molecule has 1 aromatic rings. The Bertz CT molecular complexity index is 513. The van der Waals surface area contributed by atoms with Gasteiger partial charge in [-0.05, 0) is 31.4 Å². The minimum absolute atomic E-state index is 0.129. The summed E-state index contributed by atoms with van der Waals surface area (Å²) in [5.74, 6) is 1.35. The predicted molar refractivity (Wildman–Crippen MR) is 88.0 cm³/mol. The Morgan fingerprint density at radius 1 is 1.23 bits per heavy atom. The van der Waals surface area contributed by atoms with Gasteiger partial charge in [-0.1, -0.05) is 18.0 Å². The van der Waals surface area contributed by atoms with Crippen LogP contribution in [0.3, 0.4) is 0 Å². The lowest BCUT2D eigenvalue weighted by atomic mass is 9.85. The molecule has 5 nitrogen and oxygen atoms in total. The van der Waals surface area contributed by atoms with E-state index in [9.17, 15) is 4.79 Å². The lowest BCUT2D eigenvalue weighted by molar-refractivity contribution is -0.137. The molecule has 120 valence electrons. The first-order valence-electron chi connectivity index (χ1n) is 8.04. The number of carbonyl (C=O) groups excluding carboxylic acids is 1. The van der Waals surface area contributed by atoms with Crippen molar-refractivity contribution in [2.45, 2.75) is 31.7 Å². The molecule has 2 fully saturated rings. The van der Waals surface area contributed by atoms with E-state index >= 15 is 0 Å². The van der Waals surface area contributed by atoms with Crippen molar-refractivity contribution in [2.75, 3.05) is 31.1 Å². The van der Waals surface area contributed by atoms with E-state index in [-0.39, 0.29) is 12.0 Å². The van der Waals surface area contributed by atoms with E-state index < -0.39 is 0 Å². The third-order valence-electron chi connectivity index (χ3n) is 4.69. The molecule has 0 radical (unpaired) electrons. The van der Waals surface area contributed by atoms with Gasteiger partial charge in [0.05, 0.1) is 5.02 Å². The Hall–Kier alpha value is -1.33. The zero-order valence-electron chi connectivity index (χ0n) is 12.7. The fourth-order valence-corrected chi connectivity index (χ4v) is 3.53. The number of carbonyl (C=O) groups is 1. The molecular weight excluding hydrogens is 300 g/mol. The highest BCUT2D eigenvalue weighted by atomic mass is 35.5. The molecule has 2 unspecified atom stereocenters. The van der Waals surface area contributed by atoms with Gasteiger partial charge in [-0.3, -0.25) is 4.79 Å². The fraction of sp³-hybridized carbons (Fsp3) is 0.625. The number of nitrogens with two attached hydrogens (primary N) is 1. The van der Waals surface area contributed by atoms with Crippen LogP contribution in [0.5, 0.6) is 0 Å². The molecule has 0 aromatic carbocycles. The van der Waals surface area contributed by atoms with E-state index in [1.165, 1.54) is 0 Å². The van der Waals surface area contributed by atoms with Crippen LogP contribution in [-0.2, 0) is 4.79 Å². The zero-order valence-corrected chi connectivity index (χ0v) is 13.5. The normalized spacial score (nSPS) is 26.1. The highest BCUT2D eigenvalue weighted by Gasteiger charge is 2.30. The molecule has 1 saturated heterocycles. The van der Waals surface area contributed by atoms with Crippen molar-refractivity contribution in [3.63, 3.8) is 0 Å². The van der Waals surface area contributed by atoms with Gasteiger partial charge in [0.15, 0.2) is 0 Å². The molecule has 6 heteroatoms. The lowest BCUT2D eigenvalue weighted by Crippen LogP contribution is -2.51. The van der Waals surface area contributed by atoms with Gasteiger partial charge >= 0.3 is 0 Å². The molecule has 1 aromatic heterocycles. The van der Waals surface area contributed by atoms with Crippen molar-refractivity contribution < 1.29 is 4.79 Å². The minimum atomic E-state index is 0.129. The average Bonchev–Trinajstić information content (AvgIpc) is 2.55. The van der Waals surface area contributed by atoms with Crippen LogP contribution < -0.4 is 10.6 Å². The number of anilines is 1. The SMILES string of the molecule is NC1CCCC(C(=O)N2CCN(c3ccc(Cl)cn3)CC2)C1. The van der Waals surface area contributed by atoms with Gasteiger partial charge in [0, 0.05) is 44.3 Å². The summed E-state index contributed by atoms with van der Waals surface area (Å²) in [6.07, 6.45) is 5.63. The van der Waals surface area contributed by atoms with Gasteiger partial charge in [-0.15, -0.1) is 0 Å². The molecule has 1 amide bonds. The van der Waals surface area contributed by atoms with E-state index in [1.54, 1.807) is 6.20 Å². The van der Waals surface area contributed by atoms with Crippen LogP contribution in [0.15, 0.2) is 18.3 Å². The van der Waals surface area contributed by atoms with Crippen LogP contribution in [0, 0.1) is 5.92 Å². The van der Waals surface area contributed by atoms with Gasteiger partial charge in [0.25, 0.3) is 0 Å². The number of amides is 1. The van der Waals surface area contributed by atoms with Crippen LogP contribution in [0.1, 0.15) is 25.7 Å². The average molecular weight is 323 g/mol. The fourth-order valence-electron chi connectivity index (χ4n) is 3.42. The topological polar surface area (TPSA) is 62.5 Å². The van der Waals surface area contributed by atoms with Crippen LogP contribution in [0.25, 0.3) is 0 Å². The first-order chi connectivity index (χ1) is 10.6. The van der Waals surface area contributed by atoms with Gasteiger partial charge in [0.1, 0.15) is 5.82 Å². The summed E-state index contributed by atoms with van der Waals surface area (Å²) in [5, 5.41) is 0.645. The van der Waals surface area contributed by atoms with E-state index in [2.05, 4.69) is 9.88 Å². The van der Waals surface area contributed by atoms with E-state index in [1.807, 2.05) is 17.0 Å². The molecule has 22 heavy (non-hydrogen) atoms. The van der Waals surface area contributed by atoms with E-state index in [4.69, 9.17) is 17.3 Å². The smallest absolute Gasteiger partial charge is 0.225 e. The summed E-state index contributed by atoms with van der Waals surface area (Å²) in [7, 11) is 0. The second-order valence-corrected chi connectivity index (χ2v) is 6.71. The highest BCUT2D eigenvalue weighted by Crippen LogP contribution is 2.26. The van der Waals surface area contributed by atoms with Gasteiger partial charge in [-0.25, -0.2) is 4.98 Å².